The number of hydrogen-bond acceptors (Lipinski definition) is 6. The molecule has 0 spiro atoms. The lowest BCUT2D eigenvalue weighted by Gasteiger charge is -2.24. The van der Waals surface area contributed by atoms with E-state index < -0.39 is 5.60 Å². The monoisotopic (exact) mass is 462 g/mol. The summed E-state index contributed by atoms with van der Waals surface area (Å²) in [5, 5.41) is 8.87. The van der Waals surface area contributed by atoms with Crippen molar-refractivity contribution in [1.29, 1.82) is 0 Å². The molecule has 4 heterocycles. The molecule has 0 radical (unpaired) electrons. The highest BCUT2D eigenvalue weighted by atomic mass is 79.9. The minimum absolute atomic E-state index is 0.176. The summed E-state index contributed by atoms with van der Waals surface area (Å²) in [6.45, 7) is 6.61. The summed E-state index contributed by atoms with van der Waals surface area (Å²) in [6.07, 6.45) is 5.57. The first-order valence-electron chi connectivity index (χ1n) is 9.37. The predicted octanol–water partition coefficient (Wildman–Crippen LogP) is 3.28. The Kier molecular flexibility index (Phi) is 4.97. The Morgan fingerprint density at radius 1 is 1.31 bits per heavy atom. The second kappa shape index (κ2) is 7.33. The number of rotatable bonds is 3. The van der Waals surface area contributed by atoms with Crippen LogP contribution >= 0.6 is 15.9 Å². The van der Waals surface area contributed by atoms with Crippen LogP contribution in [0.2, 0.25) is 0 Å². The summed E-state index contributed by atoms with van der Waals surface area (Å²) >= 11 is 3.45. The number of carbonyl (C=O) groups excluding carboxylic acids is 1. The van der Waals surface area contributed by atoms with Crippen LogP contribution < -0.4 is 4.74 Å². The van der Waals surface area contributed by atoms with Crippen molar-refractivity contribution in [1.82, 2.24) is 29.3 Å². The third kappa shape index (κ3) is 4.21. The number of carbonyl (C=O) groups is 1. The average Bonchev–Trinajstić information content (AvgIpc) is 3.34. The molecular formula is C19H23BrN6O3. The normalized spacial score (nSPS) is 17.1. The van der Waals surface area contributed by atoms with Gasteiger partial charge in [0.05, 0.1) is 24.5 Å². The molecule has 1 aliphatic heterocycles. The number of imidazole rings is 1. The second-order valence-corrected chi connectivity index (χ2v) is 8.88. The van der Waals surface area contributed by atoms with E-state index in [0.717, 1.165) is 15.7 Å². The van der Waals surface area contributed by atoms with Gasteiger partial charge >= 0.3 is 6.09 Å². The molecular weight excluding hydrogens is 440 g/mol. The van der Waals surface area contributed by atoms with Crippen molar-refractivity contribution >= 4 is 27.7 Å². The fourth-order valence-electron chi connectivity index (χ4n) is 3.20. The highest BCUT2D eigenvalue weighted by Crippen LogP contribution is 2.31. The fourth-order valence-corrected chi connectivity index (χ4v) is 3.56. The lowest BCUT2D eigenvalue weighted by molar-refractivity contribution is 0.0275. The molecule has 1 saturated heterocycles. The van der Waals surface area contributed by atoms with E-state index in [0.29, 0.717) is 31.0 Å². The van der Waals surface area contributed by atoms with Crippen molar-refractivity contribution in [3.63, 3.8) is 0 Å². The van der Waals surface area contributed by atoms with Crippen molar-refractivity contribution < 1.29 is 14.3 Å². The van der Waals surface area contributed by atoms with E-state index >= 15 is 0 Å². The number of aromatic nitrogens is 5. The van der Waals surface area contributed by atoms with Crippen molar-refractivity contribution in [2.45, 2.75) is 38.9 Å². The zero-order valence-electron chi connectivity index (χ0n) is 16.8. The van der Waals surface area contributed by atoms with Gasteiger partial charge in [-0.1, -0.05) is 0 Å². The van der Waals surface area contributed by atoms with Gasteiger partial charge in [0.1, 0.15) is 16.3 Å². The Bertz CT molecular complexity index is 1050. The van der Waals surface area contributed by atoms with Gasteiger partial charge in [0.25, 0.3) is 0 Å². The van der Waals surface area contributed by atoms with Gasteiger partial charge in [-0.3, -0.25) is 4.68 Å². The topological polar surface area (TPSA) is 86.8 Å². The summed E-state index contributed by atoms with van der Waals surface area (Å²) in [5.41, 5.74) is 1.87. The standard InChI is InChI=1S/C19H23BrN6O3/c1-19(2,3)29-18(27)25-6-5-13(11-25)28-17-14(12-8-22-24(4)10-12)7-16-21-9-15(20)26(16)23-17/h7-10,13H,5-6,11H2,1-4H3. The molecule has 0 bridgehead atoms. The fraction of sp³-hybridized carbons (Fsp3) is 0.474. The molecule has 0 saturated carbocycles. The summed E-state index contributed by atoms with van der Waals surface area (Å²) < 4.78 is 15.8. The highest BCUT2D eigenvalue weighted by molar-refractivity contribution is 9.10. The third-order valence-electron chi connectivity index (χ3n) is 4.51. The molecule has 0 aromatic carbocycles. The van der Waals surface area contributed by atoms with Crippen molar-refractivity contribution in [3.8, 4) is 17.0 Å². The Labute approximate surface area is 176 Å². The van der Waals surface area contributed by atoms with E-state index in [1.165, 1.54) is 0 Å². The van der Waals surface area contributed by atoms with E-state index in [4.69, 9.17) is 9.47 Å². The summed E-state index contributed by atoms with van der Waals surface area (Å²) in [6, 6.07) is 1.92. The molecule has 4 rings (SSSR count). The SMILES string of the molecule is Cn1cc(-c2cc3ncc(Br)n3nc2OC2CCN(C(=O)OC(C)(C)C)C2)cn1. The third-order valence-corrected chi connectivity index (χ3v) is 5.05. The van der Waals surface area contributed by atoms with Crippen LogP contribution in [-0.2, 0) is 11.8 Å². The number of hydrogen-bond donors (Lipinski definition) is 0. The zero-order chi connectivity index (χ0) is 20.8. The molecule has 0 aliphatic carbocycles. The lowest BCUT2D eigenvalue weighted by atomic mass is 10.1. The van der Waals surface area contributed by atoms with Crippen molar-refractivity contribution in [3.05, 3.63) is 29.3 Å². The number of ether oxygens (including phenoxy) is 2. The number of amides is 1. The van der Waals surface area contributed by atoms with Gasteiger partial charge in [0.2, 0.25) is 5.88 Å². The number of aryl methyl sites for hydroxylation is 1. The summed E-state index contributed by atoms with van der Waals surface area (Å²) in [7, 11) is 1.86. The Balaban J connectivity index is 1.59. The van der Waals surface area contributed by atoms with E-state index in [1.54, 1.807) is 26.5 Å². The molecule has 154 valence electrons. The smallest absolute Gasteiger partial charge is 0.410 e. The van der Waals surface area contributed by atoms with Crippen molar-refractivity contribution in [2.75, 3.05) is 13.1 Å². The van der Waals surface area contributed by atoms with Gasteiger partial charge in [-0.05, 0) is 42.8 Å². The first-order chi connectivity index (χ1) is 13.7. The van der Waals surface area contributed by atoms with Gasteiger partial charge in [-0.15, -0.1) is 5.10 Å². The van der Waals surface area contributed by atoms with E-state index in [-0.39, 0.29) is 12.2 Å². The van der Waals surface area contributed by atoms with Gasteiger partial charge < -0.3 is 14.4 Å². The molecule has 0 N–H and O–H groups in total. The first-order valence-corrected chi connectivity index (χ1v) is 10.2. The van der Waals surface area contributed by atoms with Gasteiger partial charge in [-0.25, -0.2) is 14.3 Å². The Morgan fingerprint density at radius 3 is 2.79 bits per heavy atom. The summed E-state index contributed by atoms with van der Waals surface area (Å²) in [4.78, 5) is 18.4. The maximum Gasteiger partial charge on any atom is 0.410 e. The van der Waals surface area contributed by atoms with Crippen LogP contribution in [0.4, 0.5) is 4.79 Å². The van der Waals surface area contributed by atoms with Gasteiger partial charge in [0.15, 0.2) is 5.65 Å². The van der Waals surface area contributed by atoms with Crippen LogP contribution in [0.3, 0.4) is 0 Å². The van der Waals surface area contributed by atoms with E-state index in [9.17, 15) is 4.79 Å². The zero-order valence-corrected chi connectivity index (χ0v) is 18.4. The molecule has 1 fully saturated rings. The number of fused-ring (bicyclic) bond motifs is 1. The quantitative estimate of drug-likeness (QED) is 0.593. The molecule has 3 aromatic heterocycles. The molecule has 1 unspecified atom stereocenters. The average molecular weight is 463 g/mol. The molecule has 9 nitrogen and oxygen atoms in total. The Morgan fingerprint density at radius 2 is 2.10 bits per heavy atom. The highest BCUT2D eigenvalue weighted by Gasteiger charge is 2.32. The molecule has 29 heavy (non-hydrogen) atoms. The molecule has 1 aliphatic rings. The maximum atomic E-state index is 12.3. The van der Waals surface area contributed by atoms with Crippen LogP contribution in [0.5, 0.6) is 5.88 Å². The Hall–Kier alpha value is -2.62. The lowest BCUT2D eigenvalue weighted by Crippen LogP contribution is -2.36. The van der Waals surface area contributed by atoms with Gasteiger partial charge in [-0.2, -0.15) is 5.10 Å². The predicted molar refractivity (Wildman–Crippen MR) is 110 cm³/mol. The van der Waals surface area contributed by atoms with Crippen LogP contribution in [0.15, 0.2) is 29.3 Å². The van der Waals surface area contributed by atoms with E-state index in [1.807, 2.05) is 40.1 Å². The number of likely N-dealkylation sites (tertiary alicyclic amines) is 1. The largest absolute Gasteiger partial charge is 0.471 e. The minimum Gasteiger partial charge on any atom is -0.471 e. The number of halogens is 1. The van der Waals surface area contributed by atoms with Crippen LogP contribution in [0.25, 0.3) is 16.8 Å². The maximum absolute atomic E-state index is 12.3. The van der Waals surface area contributed by atoms with Gasteiger partial charge in [0, 0.05) is 31.8 Å². The van der Waals surface area contributed by atoms with Crippen molar-refractivity contribution in [2.24, 2.45) is 7.05 Å². The van der Waals surface area contributed by atoms with Crippen LogP contribution in [-0.4, -0.2) is 60.2 Å². The molecule has 1 atom stereocenters. The second-order valence-electron chi connectivity index (χ2n) is 8.07. The molecule has 10 heteroatoms. The van der Waals surface area contributed by atoms with Crippen LogP contribution in [0.1, 0.15) is 27.2 Å². The molecule has 1 amide bonds. The number of nitrogens with zero attached hydrogens (tertiary/aromatic N) is 6. The van der Waals surface area contributed by atoms with Crippen LogP contribution in [0, 0.1) is 0 Å². The first kappa shape index (κ1) is 19.7. The van der Waals surface area contributed by atoms with E-state index in [2.05, 4.69) is 31.1 Å². The molecule has 3 aromatic rings. The summed E-state index contributed by atoms with van der Waals surface area (Å²) in [5.74, 6) is 0.472. The minimum atomic E-state index is -0.524.